The third-order valence-electron chi connectivity index (χ3n) is 5.37. The van der Waals surface area contributed by atoms with Gasteiger partial charge in [0, 0.05) is 32.2 Å². The zero-order valence-corrected chi connectivity index (χ0v) is 15.0. The molecule has 1 amide bonds. The van der Waals surface area contributed by atoms with Crippen LogP contribution in [0.1, 0.15) is 39.5 Å². The molecule has 0 atom stereocenters. The molecule has 3 rings (SSSR count). The van der Waals surface area contributed by atoms with Crippen LogP contribution in [0.4, 0.5) is 16.2 Å². The molecule has 0 radical (unpaired) electrons. The highest BCUT2D eigenvalue weighted by molar-refractivity contribution is 5.76. The zero-order valence-electron chi connectivity index (χ0n) is 15.0. The van der Waals surface area contributed by atoms with E-state index in [-0.39, 0.29) is 12.1 Å². The van der Waals surface area contributed by atoms with Crippen molar-refractivity contribution < 1.29 is 9.53 Å². The predicted octanol–water partition coefficient (Wildman–Crippen LogP) is 1.55. The number of nitrogens with one attached hydrogen (secondary N) is 1. The van der Waals surface area contributed by atoms with E-state index in [9.17, 15) is 14.4 Å². The molecule has 1 aromatic rings. The number of amides is 1. The molecule has 0 bridgehead atoms. The van der Waals surface area contributed by atoms with Crippen molar-refractivity contribution in [3.05, 3.63) is 20.4 Å². The standard InChI is InChI=1S/C18H27N3O4/c1-3-25-18(24)21-10-8-20(9-11-21)15-14(16(22)17(15)23)19-13-6-4-12(2)5-7-13/h12-13,19H,3-11H2,1-2H3. The van der Waals surface area contributed by atoms with Crippen LogP contribution in [0.2, 0.25) is 0 Å². The third kappa shape index (κ3) is 3.65. The fraction of sp³-hybridized carbons (Fsp3) is 0.722. The molecular formula is C18H27N3O4. The Hall–Kier alpha value is -2.05. The summed E-state index contributed by atoms with van der Waals surface area (Å²) in [6, 6.07) is 0.277. The van der Waals surface area contributed by atoms with Crippen molar-refractivity contribution in [1.82, 2.24) is 4.90 Å². The number of ether oxygens (including phenoxy) is 1. The Morgan fingerprint density at radius 2 is 1.72 bits per heavy atom. The minimum atomic E-state index is -0.406. The third-order valence-corrected chi connectivity index (χ3v) is 5.37. The Kier molecular flexibility index (Phi) is 5.30. The summed E-state index contributed by atoms with van der Waals surface area (Å²) in [5, 5.41) is 3.32. The van der Waals surface area contributed by atoms with Gasteiger partial charge in [-0.3, -0.25) is 9.59 Å². The molecule has 2 aliphatic rings. The van der Waals surface area contributed by atoms with Gasteiger partial charge in [0.15, 0.2) is 0 Å². The Labute approximate surface area is 147 Å². The maximum Gasteiger partial charge on any atom is 0.409 e. The minimum Gasteiger partial charge on any atom is -0.450 e. The average Bonchev–Trinajstić information content (AvgIpc) is 2.63. The summed E-state index contributed by atoms with van der Waals surface area (Å²) in [6.07, 6.45) is 4.06. The lowest BCUT2D eigenvalue weighted by atomic mass is 9.87. The summed E-state index contributed by atoms with van der Waals surface area (Å²) < 4.78 is 5.01. The van der Waals surface area contributed by atoms with Gasteiger partial charge in [-0.25, -0.2) is 4.79 Å². The van der Waals surface area contributed by atoms with Gasteiger partial charge >= 0.3 is 6.09 Å². The Balaban J connectivity index is 1.62. The summed E-state index contributed by atoms with van der Waals surface area (Å²) in [7, 11) is 0. The molecule has 0 aromatic heterocycles. The Bertz CT molecular complexity index is 679. The number of nitrogens with zero attached hydrogens (tertiary/aromatic N) is 2. The molecule has 25 heavy (non-hydrogen) atoms. The maximum atomic E-state index is 12.1. The van der Waals surface area contributed by atoms with Gasteiger partial charge in [0.1, 0.15) is 11.4 Å². The first-order valence-corrected chi connectivity index (χ1v) is 9.27. The number of rotatable bonds is 4. The van der Waals surface area contributed by atoms with Gasteiger partial charge in [-0.1, -0.05) is 6.92 Å². The van der Waals surface area contributed by atoms with E-state index in [4.69, 9.17) is 4.74 Å². The number of piperazine rings is 1. The molecule has 1 aliphatic heterocycles. The number of carbonyl (C=O) groups is 1. The fourth-order valence-corrected chi connectivity index (χ4v) is 3.75. The van der Waals surface area contributed by atoms with Crippen LogP contribution in [0.15, 0.2) is 9.59 Å². The van der Waals surface area contributed by atoms with Gasteiger partial charge < -0.3 is 19.9 Å². The SMILES string of the molecule is CCOC(=O)N1CCN(c2c(NC3CCC(C)CC3)c(=O)c2=O)CC1. The van der Waals surface area contributed by atoms with E-state index in [1.807, 2.05) is 4.90 Å². The van der Waals surface area contributed by atoms with Crippen LogP contribution in [-0.4, -0.2) is 49.8 Å². The second-order valence-electron chi connectivity index (χ2n) is 7.16. The molecular weight excluding hydrogens is 322 g/mol. The van der Waals surface area contributed by atoms with Gasteiger partial charge in [-0.2, -0.15) is 0 Å². The molecule has 7 heteroatoms. The van der Waals surface area contributed by atoms with Crippen LogP contribution in [0.5, 0.6) is 0 Å². The highest BCUT2D eigenvalue weighted by Gasteiger charge is 2.31. The monoisotopic (exact) mass is 349 g/mol. The van der Waals surface area contributed by atoms with Crippen molar-refractivity contribution in [2.24, 2.45) is 5.92 Å². The first kappa shape index (κ1) is 17.8. The van der Waals surface area contributed by atoms with Crippen molar-refractivity contribution in [2.75, 3.05) is 43.0 Å². The summed E-state index contributed by atoms with van der Waals surface area (Å²) in [5.74, 6) is 0.737. The smallest absolute Gasteiger partial charge is 0.409 e. The van der Waals surface area contributed by atoms with E-state index in [0.29, 0.717) is 44.2 Å². The number of carbonyl (C=O) groups excluding carboxylic acids is 1. The van der Waals surface area contributed by atoms with Crippen molar-refractivity contribution in [1.29, 1.82) is 0 Å². The summed E-state index contributed by atoms with van der Waals surface area (Å²) in [4.78, 5) is 39.4. The topological polar surface area (TPSA) is 79.0 Å². The molecule has 1 aromatic carbocycles. The Morgan fingerprint density at radius 1 is 1.08 bits per heavy atom. The molecule has 0 spiro atoms. The van der Waals surface area contributed by atoms with E-state index in [0.717, 1.165) is 31.6 Å². The molecule has 2 fully saturated rings. The number of hydrogen-bond donors (Lipinski definition) is 1. The first-order valence-electron chi connectivity index (χ1n) is 9.27. The average molecular weight is 349 g/mol. The highest BCUT2D eigenvalue weighted by Crippen LogP contribution is 2.28. The Morgan fingerprint density at radius 3 is 2.32 bits per heavy atom. The molecule has 1 saturated carbocycles. The largest absolute Gasteiger partial charge is 0.450 e. The van der Waals surface area contributed by atoms with Crippen LogP contribution >= 0.6 is 0 Å². The van der Waals surface area contributed by atoms with E-state index >= 15 is 0 Å². The number of hydrogen-bond acceptors (Lipinski definition) is 6. The fourth-order valence-electron chi connectivity index (χ4n) is 3.75. The lowest BCUT2D eigenvalue weighted by Crippen LogP contribution is -2.53. The molecule has 1 N–H and O–H groups in total. The van der Waals surface area contributed by atoms with Gasteiger partial charge in [0.05, 0.1) is 6.61 Å². The summed E-state index contributed by atoms with van der Waals surface area (Å²) in [6.45, 7) is 6.46. The zero-order chi connectivity index (χ0) is 18.0. The molecule has 1 aliphatic carbocycles. The quantitative estimate of drug-likeness (QED) is 0.831. The van der Waals surface area contributed by atoms with Crippen molar-refractivity contribution in [2.45, 2.75) is 45.6 Å². The van der Waals surface area contributed by atoms with Crippen LogP contribution in [0.25, 0.3) is 0 Å². The second kappa shape index (κ2) is 7.45. The predicted molar refractivity (Wildman–Crippen MR) is 97.2 cm³/mol. The molecule has 1 saturated heterocycles. The lowest BCUT2D eigenvalue weighted by Gasteiger charge is -2.37. The van der Waals surface area contributed by atoms with Crippen LogP contribution < -0.4 is 21.1 Å². The molecule has 7 nitrogen and oxygen atoms in total. The van der Waals surface area contributed by atoms with Gasteiger partial charge in [-0.05, 0) is 38.5 Å². The highest BCUT2D eigenvalue weighted by atomic mass is 16.6. The summed E-state index contributed by atoms with van der Waals surface area (Å²) >= 11 is 0. The van der Waals surface area contributed by atoms with Crippen molar-refractivity contribution in [3.63, 3.8) is 0 Å². The molecule has 138 valence electrons. The van der Waals surface area contributed by atoms with Gasteiger partial charge in [0.2, 0.25) is 0 Å². The van der Waals surface area contributed by atoms with E-state index in [2.05, 4.69) is 12.2 Å². The minimum absolute atomic E-state index is 0.277. The van der Waals surface area contributed by atoms with Crippen LogP contribution in [0, 0.1) is 5.92 Å². The molecule has 1 heterocycles. The van der Waals surface area contributed by atoms with Crippen LogP contribution in [0.3, 0.4) is 0 Å². The maximum absolute atomic E-state index is 12.1. The van der Waals surface area contributed by atoms with Crippen molar-refractivity contribution in [3.8, 4) is 0 Å². The van der Waals surface area contributed by atoms with E-state index in [1.54, 1.807) is 11.8 Å². The number of anilines is 2. The summed E-state index contributed by atoms with van der Waals surface area (Å²) in [5.41, 5.74) is 0.180. The van der Waals surface area contributed by atoms with Crippen molar-refractivity contribution >= 4 is 17.5 Å². The second-order valence-corrected chi connectivity index (χ2v) is 7.16. The van der Waals surface area contributed by atoms with Crippen LogP contribution in [-0.2, 0) is 4.74 Å². The lowest BCUT2D eigenvalue weighted by molar-refractivity contribution is 0.105. The van der Waals surface area contributed by atoms with Gasteiger partial charge in [-0.15, -0.1) is 0 Å². The normalized spacial score (nSPS) is 24.4. The molecule has 0 unspecified atom stereocenters. The van der Waals surface area contributed by atoms with E-state index < -0.39 is 10.9 Å². The first-order chi connectivity index (χ1) is 12.0. The van der Waals surface area contributed by atoms with E-state index in [1.165, 1.54) is 0 Å². The van der Waals surface area contributed by atoms with Gasteiger partial charge in [0.25, 0.3) is 10.9 Å².